The number of carbonyl (C=O) groups excluding carboxylic acids is 1. The van der Waals surface area contributed by atoms with Gasteiger partial charge in [0.25, 0.3) is 0 Å². The standard InChI is InChI=1S/C11H20ClNO4S/c1-8-5-6-13(9(8)7-18(12,15)16)10(14)17-11(2,3)4/h8-9H,5-7H2,1-4H3. The lowest BCUT2D eigenvalue weighted by atomic mass is 10.1. The molecule has 0 saturated carbocycles. The first-order chi connectivity index (χ1) is 7.99. The molecule has 1 fully saturated rings. The first-order valence-corrected chi connectivity index (χ1v) is 8.39. The van der Waals surface area contributed by atoms with E-state index in [1.165, 1.54) is 4.90 Å². The summed E-state index contributed by atoms with van der Waals surface area (Å²) in [4.78, 5) is 13.4. The predicted molar refractivity (Wildman–Crippen MR) is 70.1 cm³/mol. The Labute approximate surface area is 113 Å². The first-order valence-electron chi connectivity index (χ1n) is 5.91. The second kappa shape index (κ2) is 5.25. The molecule has 1 aliphatic heterocycles. The van der Waals surface area contributed by atoms with Gasteiger partial charge in [0, 0.05) is 17.2 Å². The number of halogens is 1. The Morgan fingerprint density at radius 1 is 1.44 bits per heavy atom. The highest BCUT2D eigenvalue weighted by Crippen LogP contribution is 2.27. The minimum Gasteiger partial charge on any atom is -0.444 e. The molecule has 0 bridgehead atoms. The second-order valence-electron chi connectivity index (χ2n) is 5.71. The van der Waals surface area contributed by atoms with E-state index in [2.05, 4.69) is 0 Å². The van der Waals surface area contributed by atoms with Crippen LogP contribution in [-0.2, 0) is 13.8 Å². The van der Waals surface area contributed by atoms with E-state index in [0.29, 0.717) is 6.54 Å². The van der Waals surface area contributed by atoms with E-state index in [1.54, 1.807) is 20.8 Å². The third-order valence-corrected chi connectivity index (χ3v) is 4.00. The minimum atomic E-state index is -3.63. The molecule has 0 spiro atoms. The summed E-state index contributed by atoms with van der Waals surface area (Å²) in [7, 11) is 1.65. The Hall–Kier alpha value is -0.490. The first kappa shape index (κ1) is 15.6. The SMILES string of the molecule is CC1CCN(C(=O)OC(C)(C)C)C1CS(=O)(=O)Cl. The van der Waals surface area contributed by atoms with Crippen LogP contribution in [0.15, 0.2) is 0 Å². The van der Waals surface area contributed by atoms with Crippen molar-refractivity contribution in [1.82, 2.24) is 4.90 Å². The predicted octanol–water partition coefficient (Wildman–Crippen LogP) is 2.20. The van der Waals surface area contributed by atoms with Crippen molar-refractivity contribution in [1.29, 1.82) is 0 Å². The molecule has 7 heteroatoms. The summed E-state index contributed by atoms with van der Waals surface area (Å²) in [5.41, 5.74) is -0.590. The molecule has 1 rings (SSSR count). The third-order valence-electron chi connectivity index (χ3n) is 2.88. The number of likely N-dealkylation sites (tertiary alicyclic amines) is 1. The van der Waals surface area contributed by atoms with Crippen LogP contribution in [0, 0.1) is 5.92 Å². The van der Waals surface area contributed by atoms with Crippen molar-refractivity contribution in [3.05, 3.63) is 0 Å². The Kier molecular flexibility index (Phi) is 4.54. The van der Waals surface area contributed by atoms with E-state index in [0.717, 1.165) is 6.42 Å². The summed E-state index contributed by atoms with van der Waals surface area (Å²) in [6.07, 6.45) is 0.285. The molecule has 1 saturated heterocycles. The fraction of sp³-hybridized carbons (Fsp3) is 0.909. The summed E-state index contributed by atoms with van der Waals surface area (Å²) in [5.74, 6) is -0.124. The summed E-state index contributed by atoms with van der Waals surface area (Å²) in [6.45, 7) is 7.75. The van der Waals surface area contributed by atoms with Gasteiger partial charge in [-0.1, -0.05) is 6.92 Å². The van der Waals surface area contributed by atoms with E-state index >= 15 is 0 Å². The van der Waals surface area contributed by atoms with Crippen molar-refractivity contribution in [2.45, 2.75) is 45.8 Å². The van der Waals surface area contributed by atoms with Crippen LogP contribution in [0.4, 0.5) is 4.79 Å². The van der Waals surface area contributed by atoms with Gasteiger partial charge in [0.2, 0.25) is 9.05 Å². The molecule has 5 nitrogen and oxygen atoms in total. The van der Waals surface area contributed by atoms with Crippen LogP contribution in [0.5, 0.6) is 0 Å². The normalized spacial score (nSPS) is 25.3. The highest BCUT2D eigenvalue weighted by atomic mass is 35.7. The molecule has 2 unspecified atom stereocenters. The zero-order valence-electron chi connectivity index (χ0n) is 11.1. The smallest absolute Gasteiger partial charge is 0.410 e. The van der Waals surface area contributed by atoms with E-state index in [9.17, 15) is 13.2 Å². The van der Waals surface area contributed by atoms with Crippen molar-refractivity contribution < 1.29 is 17.9 Å². The van der Waals surface area contributed by atoms with E-state index in [-0.39, 0.29) is 11.7 Å². The number of amides is 1. The molecule has 0 aromatic heterocycles. The summed E-state index contributed by atoms with van der Waals surface area (Å²) in [6, 6.07) is -0.401. The molecule has 0 aromatic carbocycles. The maximum atomic E-state index is 12.0. The van der Waals surface area contributed by atoms with Gasteiger partial charge >= 0.3 is 6.09 Å². The van der Waals surface area contributed by atoms with Crippen LogP contribution in [0.1, 0.15) is 34.1 Å². The van der Waals surface area contributed by atoms with Crippen molar-refractivity contribution in [2.24, 2.45) is 5.92 Å². The van der Waals surface area contributed by atoms with E-state index in [1.807, 2.05) is 6.92 Å². The van der Waals surface area contributed by atoms with Crippen molar-refractivity contribution in [3.63, 3.8) is 0 Å². The number of carbonyl (C=O) groups is 1. The van der Waals surface area contributed by atoms with Gasteiger partial charge in [-0.25, -0.2) is 13.2 Å². The molecule has 106 valence electrons. The van der Waals surface area contributed by atoms with Gasteiger partial charge in [-0.15, -0.1) is 0 Å². The average molecular weight is 298 g/mol. The van der Waals surface area contributed by atoms with Crippen molar-refractivity contribution in [3.8, 4) is 0 Å². The zero-order valence-corrected chi connectivity index (χ0v) is 12.7. The van der Waals surface area contributed by atoms with Gasteiger partial charge in [0.05, 0.1) is 11.8 Å². The number of hydrogen-bond donors (Lipinski definition) is 0. The highest BCUT2D eigenvalue weighted by molar-refractivity contribution is 8.13. The summed E-state index contributed by atoms with van der Waals surface area (Å²) >= 11 is 0. The Balaban J connectivity index is 2.78. The van der Waals surface area contributed by atoms with Gasteiger partial charge in [-0.05, 0) is 33.1 Å². The van der Waals surface area contributed by atoms with Crippen LogP contribution >= 0.6 is 10.7 Å². The van der Waals surface area contributed by atoms with Crippen LogP contribution < -0.4 is 0 Å². The van der Waals surface area contributed by atoms with Crippen molar-refractivity contribution >= 4 is 25.8 Å². The number of ether oxygens (including phenoxy) is 1. The molecular weight excluding hydrogens is 278 g/mol. The van der Waals surface area contributed by atoms with E-state index in [4.69, 9.17) is 15.4 Å². The lowest BCUT2D eigenvalue weighted by molar-refractivity contribution is 0.0228. The van der Waals surface area contributed by atoms with E-state index < -0.39 is 26.8 Å². The van der Waals surface area contributed by atoms with Gasteiger partial charge in [0.1, 0.15) is 5.60 Å². The Bertz CT molecular complexity index is 415. The fourth-order valence-electron chi connectivity index (χ4n) is 2.01. The highest BCUT2D eigenvalue weighted by Gasteiger charge is 2.38. The van der Waals surface area contributed by atoms with Gasteiger partial charge < -0.3 is 9.64 Å². The number of hydrogen-bond acceptors (Lipinski definition) is 4. The average Bonchev–Trinajstić information content (AvgIpc) is 2.42. The summed E-state index contributed by atoms with van der Waals surface area (Å²) in [5, 5.41) is 0. The van der Waals surface area contributed by atoms with Gasteiger partial charge in [0.15, 0.2) is 0 Å². The molecule has 0 aromatic rings. The second-order valence-corrected chi connectivity index (χ2v) is 8.53. The van der Waals surface area contributed by atoms with Crippen LogP contribution in [0.3, 0.4) is 0 Å². The zero-order chi connectivity index (χ0) is 14.1. The molecule has 0 N–H and O–H groups in total. The maximum absolute atomic E-state index is 12.0. The quantitative estimate of drug-likeness (QED) is 0.733. The third kappa shape index (κ3) is 4.65. The Morgan fingerprint density at radius 3 is 2.44 bits per heavy atom. The topological polar surface area (TPSA) is 63.7 Å². The molecule has 1 amide bonds. The molecule has 0 radical (unpaired) electrons. The number of rotatable bonds is 2. The van der Waals surface area contributed by atoms with Crippen molar-refractivity contribution in [2.75, 3.05) is 12.3 Å². The van der Waals surface area contributed by atoms with Gasteiger partial charge in [-0.3, -0.25) is 0 Å². The Morgan fingerprint density at radius 2 is 2.00 bits per heavy atom. The lowest BCUT2D eigenvalue weighted by Crippen LogP contribution is -2.43. The molecule has 18 heavy (non-hydrogen) atoms. The molecular formula is C11H20ClNO4S. The van der Waals surface area contributed by atoms with Crippen LogP contribution in [-0.4, -0.2) is 43.4 Å². The monoisotopic (exact) mass is 297 g/mol. The lowest BCUT2D eigenvalue weighted by Gasteiger charge is -2.29. The summed E-state index contributed by atoms with van der Waals surface area (Å²) < 4.78 is 27.6. The minimum absolute atomic E-state index is 0.103. The maximum Gasteiger partial charge on any atom is 0.410 e. The molecule has 1 heterocycles. The fourth-order valence-corrected chi connectivity index (χ4v) is 3.32. The number of nitrogens with zero attached hydrogens (tertiary/aromatic N) is 1. The largest absolute Gasteiger partial charge is 0.444 e. The van der Waals surface area contributed by atoms with Gasteiger partial charge in [-0.2, -0.15) is 0 Å². The molecule has 1 aliphatic rings. The molecule has 2 atom stereocenters. The van der Waals surface area contributed by atoms with Crippen LogP contribution in [0.25, 0.3) is 0 Å². The molecule has 0 aliphatic carbocycles. The van der Waals surface area contributed by atoms with Crippen LogP contribution in [0.2, 0.25) is 0 Å².